The molecule has 134 valence electrons. The number of likely N-dealkylation sites (tertiary alicyclic amines) is 1. The van der Waals surface area contributed by atoms with Gasteiger partial charge in [0.1, 0.15) is 4.83 Å². The number of hydrogen-bond acceptors (Lipinski definition) is 4. The van der Waals surface area contributed by atoms with Gasteiger partial charge in [-0.25, -0.2) is 4.98 Å². The van der Waals surface area contributed by atoms with Crippen molar-refractivity contribution in [2.45, 2.75) is 32.6 Å². The molecular formula is C19H25N3O2S. The van der Waals surface area contributed by atoms with Gasteiger partial charge in [0.25, 0.3) is 5.91 Å². The smallest absolute Gasteiger partial charge is 0.263 e. The van der Waals surface area contributed by atoms with Crippen molar-refractivity contribution in [2.24, 2.45) is 5.92 Å². The lowest BCUT2D eigenvalue weighted by molar-refractivity contribution is -0.135. The zero-order chi connectivity index (χ0) is 18.1. The topological polar surface area (TPSA) is 53.5 Å². The third kappa shape index (κ3) is 3.40. The summed E-state index contributed by atoms with van der Waals surface area (Å²) in [5.41, 5.74) is 1.08. The molecule has 3 rings (SSSR count). The fourth-order valence-electron chi connectivity index (χ4n) is 3.50. The van der Waals surface area contributed by atoms with E-state index in [2.05, 4.69) is 4.98 Å². The molecule has 0 saturated carbocycles. The maximum Gasteiger partial charge on any atom is 0.263 e. The summed E-state index contributed by atoms with van der Waals surface area (Å²) in [5, 5.41) is 1.06. The molecule has 0 spiro atoms. The van der Waals surface area contributed by atoms with Crippen molar-refractivity contribution in [3.8, 4) is 0 Å². The summed E-state index contributed by atoms with van der Waals surface area (Å²) in [6.45, 7) is 5.38. The molecule has 1 atom stereocenters. The lowest BCUT2D eigenvalue weighted by Gasteiger charge is -2.34. The summed E-state index contributed by atoms with van der Waals surface area (Å²) in [6, 6.07) is 3.96. The van der Waals surface area contributed by atoms with Gasteiger partial charge in [0.2, 0.25) is 5.91 Å². The predicted molar refractivity (Wildman–Crippen MR) is 101 cm³/mol. The van der Waals surface area contributed by atoms with Gasteiger partial charge in [-0.05, 0) is 24.5 Å². The van der Waals surface area contributed by atoms with Gasteiger partial charge in [0.15, 0.2) is 0 Å². The van der Waals surface area contributed by atoms with Gasteiger partial charge in [-0.15, -0.1) is 11.3 Å². The number of fused-ring (bicyclic) bond motifs is 1. The van der Waals surface area contributed by atoms with E-state index >= 15 is 0 Å². The van der Waals surface area contributed by atoms with Crippen molar-refractivity contribution in [1.82, 2.24) is 14.8 Å². The van der Waals surface area contributed by atoms with Gasteiger partial charge in [-0.1, -0.05) is 19.9 Å². The van der Waals surface area contributed by atoms with E-state index in [9.17, 15) is 9.59 Å². The molecule has 3 heterocycles. The van der Waals surface area contributed by atoms with Crippen LogP contribution in [0.2, 0.25) is 0 Å². The molecule has 0 bridgehead atoms. The molecule has 5 nitrogen and oxygen atoms in total. The highest BCUT2D eigenvalue weighted by Gasteiger charge is 2.31. The van der Waals surface area contributed by atoms with Gasteiger partial charge >= 0.3 is 0 Å². The molecule has 2 aromatic rings. The van der Waals surface area contributed by atoms with Crippen LogP contribution in [0.4, 0.5) is 0 Å². The molecule has 0 aliphatic carbocycles. The fourth-order valence-corrected chi connectivity index (χ4v) is 4.75. The normalized spacial score (nSPS) is 18.0. The number of hydrogen-bond donors (Lipinski definition) is 0. The molecule has 2 aromatic heterocycles. The molecule has 1 aliphatic heterocycles. The Kier molecular flexibility index (Phi) is 5.08. The number of amides is 2. The van der Waals surface area contributed by atoms with E-state index in [0.29, 0.717) is 6.54 Å². The lowest BCUT2D eigenvalue weighted by Crippen LogP contribution is -2.41. The molecule has 1 saturated heterocycles. The molecule has 6 heteroatoms. The van der Waals surface area contributed by atoms with E-state index in [0.717, 1.165) is 40.0 Å². The monoisotopic (exact) mass is 359 g/mol. The Balaban J connectivity index is 2.03. The number of rotatable bonds is 3. The Bertz CT molecular complexity index is 797. The fraction of sp³-hybridized carbons (Fsp3) is 0.526. The summed E-state index contributed by atoms with van der Waals surface area (Å²) >= 11 is 1.46. The van der Waals surface area contributed by atoms with E-state index in [-0.39, 0.29) is 23.7 Å². The highest BCUT2D eigenvalue weighted by Crippen LogP contribution is 2.39. The number of pyridine rings is 1. The average Bonchev–Trinajstić information content (AvgIpc) is 2.99. The summed E-state index contributed by atoms with van der Waals surface area (Å²) in [6.07, 6.45) is 3.73. The number of aromatic nitrogens is 1. The van der Waals surface area contributed by atoms with E-state index in [1.165, 1.54) is 11.3 Å². The van der Waals surface area contributed by atoms with Crippen molar-refractivity contribution in [3.63, 3.8) is 0 Å². The summed E-state index contributed by atoms with van der Waals surface area (Å²) in [4.78, 5) is 34.9. The quantitative estimate of drug-likeness (QED) is 0.844. The largest absolute Gasteiger partial charge is 0.344 e. The Labute approximate surface area is 152 Å². The standard InChI is InChI=1S/C19H25N3O2S/c1-12(2)18(23)22-10-6-7-13(11-22)15-14-8-5-9-20-17(14)25-16(15)19(24)21(3)4/h5,8-9,12-13H,6-7,10-11H2,1-4H3/t13-/m1/s1. The molecule has 1 aliphatic rings. The minimum atomic E-state index is 0.00233. The molecule has 2 amide bonds. The van der Waals surface area contributed by atoms with Gasteiger partial charge in [-0.2, -0.15) is 0 Å². The van der Waals surface area contributed by atoms with Gasteiger partial charge in [0, 0.05) is 50.6 Å². The van der Waals surface area contributed by atoms with E-state index < -0.39 is 0 Å². The molecule has 0 radical (unpaired) electrons. The minimum Gasteiger partial charge on any atom is -0.344 e. The molecule has 25 heavy (non-hydrogen) atoms. The second-order valence-corrected chi connectivity index (χ2v) is 8.18. The molecular weight excluding hydrogens is 334 g/mol. The minimum absolute atomic E-state index is 0.00233. The van der Waals surface area contributed by atoms with Gasteiger partial charge in [-0.3, -0.25) is 9.59 Å². The van der Waals surface area contributed by atoms with Crippen LogP contribution in [0.15, 0.2) is 18.3 Å². The van der Waals surface area contributed by atoms with Crippen molar-refractivity contribution >= 4 is 33.4 Å². The SMILES string of the molecule is CC(C)C(=O)N1CCC[C@@H](c2c(C(=O)N(C)C)sc3ncccc23)C1. The van der Waals surface area contributed by atoms with Crippen molar-refractivity contribution < 1.29 is 9.59 Å². The highest BCUT2D eigenvalue weighted by atomic mass is 32.1. The van der Waals surface area contributed by atoms with Crippen LogP contribution in [0.25, 0.3) is 10.2 Å². The number of piperidine rings is 1. The van der Waals surface area contributed by atoms with Crippen LogP contribution < -0.4 is 0 Å². The molecule has 0 N–H and O–H groups in total. The molecule has 1 fully saturated rings. The van der Waals surface area contributed by atoms with Crippen LogP contribution in [0.1, 0.15) is 47.8 Å². The van der Waals surface area contributed by atoms with E-state index in [1.54, 1.807) is 25.2 Å². The zero-order valence-electron chi connectivity index (χ0n) is 15.3. The summed E-state index contributed by atoms with van der Waals surface area (Å²) in [7, 11) is 3.55. The maximum atomic E-state index is 12.7. The Morgan fingerprint density at radius 3 is 2.80 bits per heavy atom. The zero-order valence-corrected chi connectivity index (χ0v) is 16.1. The van der Waals surface area contributed by atoms with Crippen LogP contribution in [0.5, 0.6) is 0 Å². The van der Waals surface area contributed by atoms with Gasteiger partial charge < -0.3 is 9.80 Å². The predicted octanol–water partition coefficient (Wildman–Crippen LogP) is 3.36. The highest BCUT2D eigenvalue weighted by molar-refractivity contribution is 7.20. The summed E-state index contributed by atoms with van der Waals surface area (Å²) in [5.74, 6) is 0.406. The van der Waals surface area contributed by atoms with Crippen molar-refractivity contribution in [1.29, 1.82) is 0 Å². The van der Waals surface area contributed by atoms with Crippen LogP contribution in [0.3, 0.4) is 0 Å². The lowest BCUT2D eigenvalue weighted by atomic mass is 9.88. The Morgan fingerprint density at radius 1 is 1.36 bits per heavy atom. The molecule has 0 unspecified atom stereocenters. The van der Waals surface area contributed by atoms with Crippen molar-refractivity contribution in [2.75, 3.05) is 27.2 Å². The summed E-state index contributed by atoms with van der Waals surface area (Å²) < 4.78 is 0. The number of thiophene rings is 1. The number of carbonyl (C=O) groups is 2. The average molecular weight is 359 g/mol. The number of carbonyl (C=O) groups excluding carboxylic acids is 2. The number of nitrogens with zero attached hydrogens (tertiary/aromatic N) is 3. The van der Waals surface area contributed by atoms with Crippen LogP contribution in [0, 0.1) is 5.92 Å². The van der Waals surface area contributed by atoms with Crippen LogP contribution in [-0.4, -0.2) is 53.8 Å². The first kappa shape index (κ1) is 17.9. The first-order valence-corrected chi connectivity index (χ1v) is 9.59. The van der Waals surface area contributed by atoms with Crippen LogP contribution >= 0.6 is 11.3 Å². The molecule has 0 aromatic carbocycles. The maximum absolute atomic E-state index is 12.7. The van der Waals surface area contributed by atoms with Crippen molar-refractivity contribution in [3.05, 3.63) is 28.8 Å². The second kappa shape index (κ2) is 7.12. The first-order valence-electron chi connectivity index (χ1n) is 8.78. The van der Waals surface area contributed by atoms with Crippen LogP contribution in [-0.2, 0) is 4.79 Å². The Hall–Kier alpha value is -1.95. The third-order valence-corrected chi connectivity index (χ3v) is 5.86. The van der Waals surface area contributed by atoms with E-state index in [1.807, 2.05) is 30.9 Å². The first-order chi connectivity index (χ1) is 11.9. The van der Waals surface area contributed by atoms with E-state index in [4.69, 9.17) is 0 Å². The third-order valence-electron chi connectivity index (χ3n) is 4.74. The second-order valence-electron chi connectivity index (χ2n) is 7.18. The van der Waals surface area contributed by atoms with Gasteiger partial charge in [0.05, 0.1) is 4.88 Å². The Morgan fingerprint density at radius 2 is 2.12 bits per heavy atom.